The van der Waals surface area contributed by atoms with Crippen molar-refractivity contribution in [3.63, 3.8) is 0 Å². The number of aliphatic hydroxyl groups is 2. The molecule has 20 heavy (non-hydrogen) atoms. The van der Waals surface area contributed by atoms with Gasteiger partial charge in [-0.1, -0.05) is 24.0 Å². The number of nitrogens with zero attached hydrogens (tertiary/aromatic N) is 1. The number of morpholine rings is 1. The van der Waals surface area contributed by atoms with Gasteiger partial charge in [0.15, 0.2) is 0 Å². The average molecular weight is 275 g/mol. The second-order valence-corrected chi connectivity index (χ2v) is 5.08. The van der Waals surface area contributed by atoms with Gasteiger partial charge >= 0.3 is 0 Å². The fraction of sp³-hybridized carbons (Fsp3) is 0.500. The highest BCUT2D eigenvalue weighted by molar-refractivity contribution is 5.37. The number of hydrogen-bond acceptors (Lipinski definition) is 4. The van der Waals surface area contributed by atoms with Crippen LogP contribution in [0.25, 0.3) is 0 Å². The third kappa shape index (κ3) is 4.06. The molecule has 4 nitrogen and oxygen atoms in total. The lowest BCUT2D eigenvalue weighted by Crippen LogP contribution is -2.48. The molecule has 1 aliphatic heterocycles. The van der Waals surface area contributed by atoms with Crippen LogP contribution in [0.5, 0.6) is 0 Å². The van der Waals surface area contributed by atoms with Crippen LogP contribution in [-0.4, -0.2) is 53.6 Å². The lowest BCUT2D eigenvalue weighted by atomic mass is 10.1. The van der Waals surface area contributed by atoms with Crippen LogP contribution in [0.4, 0.5) is 0 Å². The molecule has 2 rings (SSSR count). The first kappa shape index (κ1) is 15.0. The maximum Gasteiger partial charge on any atom is 0.104 e. The lowest BCUT2D eigenvalue weighted by Gasteiger charge is -2.37. The number of benzene rings is 1. The SMILES string of the molecule is CC1COC(CO)CN1Cc1cccc(C#CCO)c1. The van der Waals surface area contributed by atoms with Gasteiger partial charge in [0.05, 0.1) is 19.3 Å². The van der Waals surface area contributed by atoms with E-state index in [9.17, 15) is 5.11 Å². The first-order valence-electron chi connectivity index (χ1n) is 6.88. The molecule has 1 saturated heterocycles. The number of aliphatic hydroxyl groups excluding tert-OH is 2. The Hall–Kier alpha value is -1.38. The molecule has 0 saturated carbocycles. The summed E-state index contributed by atoms with van der Waals surface area (Å²) >= 11 is 0. The van der Waals surface area contributed by atoms with Crippen LogP contribution < -0.4 is 0 Å². The van der Waals surface area contributed by atoms with Gasteiger partial charge in [0.25, 0.3) is 0 Å². The van der Waals surface area contributed by atoms with Crippen LogP contribution in [-0.2, 0) is 11.3 Å². The van der Waals surface area contributed by atoms with Crippen molar-refractivity contribution in [3.05, 3.63) is 35.4 Å². The standard InChI is InChI=1S/C16H21NO3/c1-13-12-20-16(11-19)10-17(13)9-15-5-2-4-14(8-15)6-3-7-18/h2,4-5,8,13,16,18-19H,7,9-12H2,1H3. The molecule has 2 atom stereocenters. The second kappa shape index (κ2) is 7.41. The Labute approximate surface area is 120 Å². The van der Waals surface area contributed by atoms with E-state index in [2.05, 4.69) is 29.7 Å². The van der Waals surface area contributed by atoms with Crippen molar-refractivity contribution in [2.24, 2.45) is 0 Å². The molecule has 1 fully saturated rings. The summed E-state index contributed by atoms with van der Waals surface area (Å²) in [7, 11) is 0. The third-order valence-electron chi connectivity index (χ3n) is 3.46. The number of ether oxygens (including phenoxy) is 1. The molecule has 1 aliphatic rings. The van der Waals surface area contributed by atoms with Crippen molar-refractivity contribution in [2.75, 3.05) is 26.4 Å². The fourth-order valence-electron chi connectivity index (χ4n) is 2.33. The summed E-state index contributed by atoms with van der Waals surface area (Å²) in [5.41, 5.74) is 2.09. The van der Waals surface area contributed by atoms with Crippen molar-refractivity contribution >= 4 is 0 Å². The van der Waals surface area contributed by atoms with Crippen molar-refractivity contribution in [3.8, 4) is 11.8 Å². The fourth-order valence-corrected chi connectivity index (χ4v) is 2.33. The Bertz CT molecular complexity index is 492. The first-order chi connectivity index (χ1) is 9.72. The maximum atomic E-state index is 9.21. The minimum Gasteiger partial charge on any atom is -0.394 e. The molecule has 0 bridgehead atoms. The normalized spacial score (nSPS) is 23.1. The number of hydrogen-bond donors (Lipinski definition) is 2. The molecule has 2 unspecified atom stereocenters. The zero-order valence-corrected chi connectivity index (χ0v) is 11.7. The Morgan fingerprint density at radius 1 is 1.40 bits per heavy atom. The largest absolute Gasteiger partial charge is 0.394 e. The van der Waals surface area contributed by atoms with Crippen molar-refractivity contribution in [1.29, 1.82) is 0 Å². The van der Waals surface area contributed by atoms with Crippen LogP contribution >= 0.6 is 0 Å². The highest BCUT2D eigenvalue weighted by atomic mass is 16.5. The van der Waals surface area contributed by atoms with E-state index in [1.165, 1.54) is 5.56 Å². The van der Waals surface area contributed by atoms with Gasteiger partial charge < -0.3 is 14.9 Å². The summed E-state index contributed by atoms with van der Waals surface area (Å²) in [5.74, 6) is 5.58. The summed E-state index contributed by atoms with van der Waals surface area (Å²) in [6, 6.07) is 8.36. The molecule has 0 amide bonds. The minimum atomic E-state index is -0.122. The quantitative estimate of drug-likeness (QED) is 0.794. The highest BCUT2D eigenvalue weighted by Crippen LogP contribution is 2.16. The van der Waals surface area contributed by atoms with Crippen LogP contribution in [0.2, 0.25) is 0 Å². The summed E-state index contributed by atoms with van der Waals surface area (Å²) in [4.78, 5) is 2.31. The van der Waals surface area contributed by atoms with Crippen LogP contribution in [0, 0.1) is 11.8 Å². The molecule has 0 spiro atoms. The molecule has 0 aliphatic carbocycles. The van der Waals surface area contributed by atoms with Crippen LogP contribution in [0.15, 0.2) is 24.3 Å². The van der Waals surface area contributed by atoms with Gasteiger partial charge in [0, 0.05) is 24.7 Å². The van der Waals surface area contributed by atoms with E-state index >= 15 is 0 Å². The van der Waals surface area contributed by atoms with Gasteiger partial charge in [-0.25, -0.2) is 0 Å². The molecule has 108 valence electrons. The Kier molecular flexibility index (Phi) is 5.57. The van der Waals surface area contributed by atoms with Gasteiger partial charge in [-0.15, -0.1) is 0 Å². The molecule has 0 aromatic heterocycles. The van der Waals surface area contributed by atoms with Crippen molar-refractivity contribution in [1.82, 2.24) is 4.90 Å². The predicted molar refractivity (Wildman–Crippen MR) is 77.1 cm³/mol. The van der Waals surface area contributed by atoms with E-state index < -0.39 is 0 Å². The molecule has 1 aromatic carbocycles. The highest BCUT2D eigenvalue weighted by Gasteiger charge is 2.25. The average Bonchev–Trinajstić information content (AvgIpc) is 2.48. The van der Waals surface area contributed by atoms with Crippen LogP contribution in [0.1, 0.15) is 18.1 Å². The monoisotopic (exact) mass is 275 g/mol. The Morgan fingerprint density at radius 3 is 3.00 bits per heavy atom. The predicted octanol–water partition coefficient (Wildman–Crippen LogP) is 0.612. The second-order valence-electron chi connectivity index (χ2n) is 5.08. The van der Waals surface area contributed by atoms with Gasteiger partial charge in [0.2, 0.25) is 0 Å². The molecular formula is C16H21NO3. The minimum absolute atomic E-state index is 0.0607. The summed E-state index contributed by atoms with van der Waals surface area (Å²) < 4.78 is 5.54. The molecular weight excluding hydrogens is 254 g/mol. The van der Waals surface area contributed by atoms with Gasteiger partial charge in [-0.2, -0.15) is 0 Å². The molecule has 4 heteroatoms. The zero-order chi connectivity index (χ0) is 14.4. The van der Waals surface area contributed by atoms with Crippen molar-refractivity contribution in [2.45, 2.75) is 25.6 Å². The molecule has 1 heterocycles. The van der Waals surface area contributed by atoms with Gasteiger partial charge in [0.1, 0.15) is 6.61 Å². The molecule has 1 aromatic rings. The summed E-state index contributed by atoms with van der Waals surface area (Å²) in [6.45, 7) is 4.27. The van der Waals surface area contributed by atoms with E-state index in [1.807, 2.05) is 18.2 Å². The smallest absolute Gasteiger partial charge is 0.104 e. The van der Waals surface area contributed by atoms with E-state index in [-0.39, 0.29) is 19.3 Å². The van der Waals surface area contributed by atoms with Gasteiger partial charge in [-0.3, -0.25) is 4.90 Å². The Morgan fingerprint density at radius 2 is 2.25 bits per heavy atom. The Balaban J connectivity index is 2.04. The van der Waals surface area contributed by atoms with E-state index in [0.29, 0.717) is 12.6 Å². The summed E-state index contributed by atoms with van der Waals surface area (Å²) in [6.07, 6.45) is -0.0939. The maximum absolute atomic E-state index is 9.21. The van der Waals surface area contributed by atoms with Gasteiger partial charge in [-0.05, 0) is 24.6 Å². The van der Waals surface area contributed by atoms with E-state index in [1.54, 1.807) is 0 Å². The zero-order valence-electron chi connectivity index (χ0n) is 11.7. The molecule has 2 N–H and O–H groups in total. The molecule has 0 radical (unpaired) electrons. The number of rotatable bonds is 3. The van der Waals surface area contributed by atoms with E-state index in [4.69, 9.17) is 9.84 Å². The van der Waals surface area contributed by atoms with Crippen LogP contribution in [0.3, 0.4) is 0 Å². The first-order valence-corrected chi connectivity index (χ1v) is 6.88. The topological polar surface area (TPSA) is 52.9 Å². The van der Waals surface area contributed by atoms with E-state index in [0.717, 1.165) is 18.7 Å². The summed E-state index contributed by atoms with van der Waals surface area (Å²) in [5, 5.41) is 17.9. The van der Waals surface area contributed by atoms with Crippen molar-refractivity contribution < 1.29 is 14.9 Å². The third-order valence-corrected chi connectivity index (χ3v) is 3.46. The lowest BCUT2D eigenvalue weighted by molar-refractivity contribution is -0.0805.